The summed E-state index contributed by atoms with van der Waals surface area (Å²) in [5, 5.41) is 9.00. The summed E-state index contributed by atoms with van der Waals surface area (Å²) in [5.41, 5.74) is 1.08. The van der Waals surface area contributed by atoms with Gasteiger partial charge in [-0.1, -0.05) is 0 Å². The van der Waals surface area contributed by atoms with E-state index in [1.54, 1.807) is 12.4 Å². The number of carbonyl (C=O) groups is 1. The minimum atomic E-state index is -1.02. The van der Waals surface area contributed by atoms with E-state index >= 15 is 0 Å². The summed E-state index contributed by atoms with van der Waals surface area (Å²) >= 11 is 3.30. The fraction of sp³-hybridized carbons (Fsp3) is 0.143. The number of halogens is 1. The van der Waals surface area contributed by atoms with E-state index in [4.69, 9.17) is 14.6 Å². The van der Waals surface area contributed by atoms with Crippen LogP contribution in [0.3, 0.4) is 0 Å². The molecule has 6 heteroatoms. The minimum Gasteiger partial charge on any atom is -0.493 e. The fourth-order valence-electron chi connectivity index (χ4n) is 1.62. The first-order chi connectivity index (χ1) is 9.61. The van der Waals surface area contributed by atoms with Gasteiger partial charge in [0.15, 0.2) is 11.5 Å². The molecule has 0 atom stereocenters. The Balaban J connectivity index is 2.25. The summed E-state index contributed by atoms with van der Waals surface area (Å²) in [5.74, 6) is -0.190. The highest BCUT2D eigenvalue weighted by Gasteiger charge is 2.15. The smallest absolute Gasteiger partial charge is 0.335 e. The maximum Gasteiger partial charge on any atom is 0.335 e. The molecule has 2 rings (SSSR count). The van der Waals surface area contributed by atoms with Crippen LogP contribution < -0.4 is 9.47 Å². The van der Waals surface area contributed by atoms with Crippen molar-refractivity contribution < 1.29 is 19.4 Å². The van der Waals surface area contributed by atoms with Crippen molar-refractivity contribution in [2.45, 2.75) is 6.61 Å². The van der Waals surface area contributed by atoms with Gasteiger partial charge in [0.05, 0.1) is 17.1 Å². The van der Waals surface area contributed by atoms with Crippen LogP contribution in [0.15, 0.2) is 41.1 Å². The Kier molecular flexibility index (Phi) is 4.57. The summed E-state index contributed by atoms with van der Waals surface area (Å²) in [7, 11) is 1.46. The maximum atomic E-state index is 11.0. The summed E-state index contributed by atoms with van der Waals surface area (Å²) in [6, 6.07) is 6.58. The zero-order valence-electron chi connectivity index (χ0n) is 10.7. The average Bonchev–Trinajstić information content (AvgIpc) is 2.46. The van der Waals surface area contributed by atoms with Crippen molar-refractivity contribution in [3.8, 4) is 11.5 Å². The molecular formula is C14H12BrNO4. The van der Waals surface area contributed by atoms with Crippen LogP contribution in [-0.2, 0) is 6.61 Å². The predicted octanol–water partition coefficient (Wildman–Crippen LogP) is 3.13. The van der Waals surface area contributed by atoms with Crippen LogP contribution in [0, 0.1) is 0 Å². The number of carboxylic acids is 1. The number of methoxy groups -OCH3 is 1. The maximum absolute atomic E-state index is 11.0. The number of aromatic carboxylic acids is 1. The van der Waals surface area contributed by atoms with E-state index in [-0.39, 0.29) is 5.56 Å². The van der Waals surface area contributed by atoms with Crippen LogP contribution in [0.25, 0.3) is 0 Å². The molecule has 0 saturated carbocycles. The Bertz CT molecular complexity index is 616. The Morgan fingerprint density at radius 3 is 2.65 bits per heavy atom. The Morgan fingerprint density at radius 2 is 2.05 bits per heavy atom. The van der Waals surface area contributed by atoms with E-state index in [1.807, 2.05) is 12.1 Å². The normalized spacial score (nSPS) is 10.1. The van der Waals surface area contributed by atoms with E-state index in [1.165, 1.54) is 19.2 Å². The molecule has 0 unspecified atom stereocenters. The summed E-state index contributed by atoms with van der Waals surface area (Å²) < 4.78 is 11.4. The van der Waals surface area contributed by atoms with E-state index in [0.29, 0.717) is 22.6 Å². The van der Waals surface area contributed by atoms with E-state index in [0.717, 1.165) is 5.56 Å². The number of pyridine rings is 1. The van der Waals surface area contributed by atoms with Crippen molar-refractivity contribution in [3.63, 3.8) is 0 Å². The van der Waals surface area contributed by atoms with Gasteiger partial charge < -0.3 is 14.6 Å². The number of aromatic nitrogens is 1. The lowest BCUT2D eigenvalue weighted by Crippen LogP contribution is -2.02. The topological polar surface area (TPSA) is 68.7 Å². The van der Waals surface area contributed by atoms with Crippen LogP contribution in [0.1, 0.15) is 15.9 Å². The van der Waals surface area contributed by atoms with Gasteiger partial charge in [0.1, 0.15) is 6.61 Å². The van der Waals surface area contributed by atoms with Crippen LogP contribution in [-0.4, -0.2) is 23.2 Å². The van der Waals surface area contributed by atoms with Crippen molar-refractivity contribution in [1.82, 2.24) is 4.98 Å². The zero-order chi connectivity index (χ0) is 14.5. The van der Waals surface area contributed by atoms with Gasteiger partial charge in [0.25, 0.3) is 0 Å². The van der Waals surface area contributed by atoms with Gasteiger partial charge in [-0.15, -0.1) is 0 Å². The minimum absolute atomic E-state index is 0.130. The number of benzene rings is 1. The van der Waals surface area contributed by atoms with Gasteiger partial charge in [-0.05, 0) is 45.8 Å². The molecule has 0 fully saturated rings. The molecule has 0 bridgehead atoms. The molecule has 1 heterocycles. The van der Waals surface area contributed by atoms with Crippen molar-refractivity contribution in [2.24, 2.45) is 0 Å². The quantitative estimate of drug-likeness (QED) is 0.907. The predicted molar refractivity (Wildman–Crippen MR) is 76.2 cm³/mol. The average molecular weight is 338 g/mol. The second kappa shape index (κ2) is 6.38. The summed E-state index contributed by atoms with van der Waals surface area (Å²) in [6.07, 6.45) is 3.36. The number of hydrogen-bond acceptors (Lipinski definition) is 4. The first kappa shape index (κ1) is 14.3. The monoisotopic (exact) mass is 337 g/mol. The second-order valence-electron chi connectivity index (χ2n) is 3.94. The molecule has 5 nitrogen and oxygen atoms in total. The molecule has 0 aliphatic rings. The summed E-state index contributed by atoms with van der Waals surface area (Å²) in [4.78, 5) is 14.9. The number of nitrogens with zero attached hydrogens (tertiary/aromatic N) is 1. The van der Waals surface area contributed by atoms with Crippen LogP contribution >= 0.6 is 15.9 Å². The first-order valence-electron chi connectivity index (χ1n) is 5.74. The van der Waals surface area contributed by atoms with E-state index < -0.39 is 5.97 Å². The van der Waals surface area contributed by atoms with E-state index in [2.05, 4.69) is 20.9 Å². The molecule has 1 aromatic carbocycles. The lowest BCUT2D eigenvalue weighted by molar-refractivity contribution is 0.0696. The molecule has 0 spiro atoms. The van der Waals surface area contributed by atoms with E-state index in [9.17, 15) is 4.79 Å². The third-order valence-electron chi connectivity index (χ3n) is 2.61. The first-order valence-corrected chi connectivity index (χ1v) is 6.53. The number of rotatable bonds is 5. The number of ether oxygens (including phenoxy) is 2. The van der Waals surface area contributed by atoms with Crippen molar-refractivity contribution in [2.75, 3.05) is 7.11 Å². The Morgan fingerprint density at radius 1 is 1.35 bits per heavy atom. The Hall–Kier alpha value is -2.08. The number of carboxylic acid groups (broad SMARTS) is 1. The highest BCUT2D eigenvalue weighted by Crippen LogP contribution is 2.37. The highest BCUT2D eigenvalue weighted by atomic mass is 79.9. The molecule has 1 N–H and O–H groups in total. The number of hydrogen-bond donors (Lipinski definition) is 1. The highest BCUT2D eigenvalue weighted by molar-refractivity contribution is 9.10. The standard InChI is InChI=1S/C14H12BrNO4/c1-19-12-7-10(14(17)18)6-11(15)13(12)20-8-9-2-4-16-5-3-9/h2-7H,8H2,1H3,(H,17,18). The summed E-state index contributed by atoms with van der Waals surface area (Å²) in [6.45, 7) is 0.337. The molecule has 0 amide bonds. The van der Waals surface area contributed by atoms with Crippen LogP contribution in [0.4, 0.5) is 0 Å². The second-order valence-corrected chi connectivity index (χ2v) is 4.79. The molecule has 0 aliphatic heterocycles. The Labute approximate surface area is 124 Å². The lowest BCUT2D eigenvalue weighted by Gasteiger charge is -2.13. The molecule has 0 saturated heterocycles. The van der Waals surface area contributed by atoms with Gasteiger partial charge in [0.2, 0.25) is 0 Å². The molecular weight excluding hydrogens is 326 g/mol. The molecule has 20 heavy (non-hydrogen) atoms. The van der Waals surface area contributed by atoms with Gasteiger partial charge in [0, 0.05) is 12.4 Å². The SMILES string of the molecule is COc1cc(C(=O)O)cc(Br)c1OCc1ccncc1. The molecule has 1 aromatic heterocycles. The van der Waals surface area contributed by atoms with Crippen molar-refractivity contribution in [3.05, 3.63) is 52.3 Å². The van der Waals surface area contributed by atoms with Gasteiger partial charge >= 0.3 is 5.97 Å². The van der Waals surface area contributed by atoms with Gasteiger partial charge in [-0.3, -0.25) is 4.98 Å². The van der Waals surface area contributed by atoms with Crippen LogP contribution in [0.5, 0.6) is 11.5 Å². The lowest BCUT2D eigenvalue weighted by atomic mass is 10.2. The van der Waals surface area contributed by atoms with Crippen LogP contribution in [0.2, 0.25) is 0 Å². The van der Waals surface area contributed by atoms with Crippen molar-refractivity contribution >= 4 is 21.9 Å². The fourth-order valence-corrected chi connectivity index (χ4v) is 2.17. The van der Waals surface area contributed by atoms with Crippen molar-refractivity contribution in [1.29, 1.82) is 0 Å². The van der Waals surface area contributed by atoms with Gasteiger partial charge in [-0.25, -0.2) is 4.79 Å². The molecule has 0 aliphatic carbocycles. The largest absolute Gasteiger partial charge is 0.493 e. The molecule has 0 radical (unpaired) electrons. The molecule has 104 valence electrons. The zero-order valence-corrected chi connectivity index (χ0v) is 12.3. The van der Waals surface area contributed by atoms with Gasteiger partial charge in [-0.2, -0.15) is 0 Å². The molecule has 2 aromatic rings. The third kappa shape index (κ3) is 3.27. The third-order valence-corrected chi connectivity index (χ3v) is 3.20.